The largest absolute Gasteiger partial charge is 0.317 e. The molecule has 0 spiro atoms. The number of nitrogens with zero attached hydrogens (tertiary/aromatic N) is 1. The molecule has 92 valence electrons. The van der Waals surface area contributed by atoms with Gasteiger partial charge in [0.15, 0.2) is 5.78 Å². The summed E-state index contributed by atoms with van der Waals surface area (Å²) in [6.07, 6.45) is 5.46. The summed E-state index contributed by atoms with van der Waals surface area (Å²) in [5.41, 5.74) is 0.849. The van der Waals surface area contributed by atoms with E-state index in [-0.39, 0.29) is 11.7 Å². The van der Waals surface area contributed by atoms with Crippen LogP contribution in [-0.4, -0.2) is 23.9 Å². The number of hydrogen-bond donors (Lipinski definition) is 1. The summed E-state index contributed by atoms with van der Waals surface area (Å²) in [7, 11) is 0. The molecule has 0 atom stereocenters. The summed E-state index contributed by atoms with van der Waals surface area (Å²) in [4.78, 5) is 16.7. The lowest BCUT2D eigenvalue weighted by Crippen LogP contribution is -2.31. The molecule has 1 aromatic carbocycles. The van der Waals surface area contributed by atoms with Crippen LogP contribution in [0.3, 0.4) is 0 Å². The molecule has 18 heavy (non-hydrogen) atoms. The molecule has 0 unspecified atom stereocenters. The summed E-state index contributed by atoms with van der Waals surface area (Å²) in [5, 5.41) is 5.36. The molecule has 0 amide bonds. The number of Topliss-reactive ketones (excluding diaryl/α,β-unsaturated/α-hetero) is 1. The number of carbonyl (C=O) groups excluding carboxylic acids is 1. The lowest BCUT2D eigenvalue weighted by Gasteiger charge is -2.21. The average molecular weight is 240 g/mol. The van der Waals surface area contributed by atoms with Gasteiger partial charge < -0.3 is 5.32 Å². The summed E-state index contributed by atoms with van der Waals surface area (Å²) in [6, 6.07) is 7.82. The SMILES string of the molecule is O=C(c1cccc2cnccc12)C1CCNCC1. The normalized spacial score (nSPS) is 16.9. The highest BCUT2D eigenvalue weighted by atomic mass is 16.1. The molecular weight excluding hydrogens is 224 g/mol. The van der Waals surface area contributed by atoms with Gasteiger partial charge in [-0.1, -0.05) is 18.2 Å². The van der Waals surface area contributed by atoms with Crippen LogP contribution in [0, 0.1) is 5.92 Å². The predicted octanol–water partition coefficient (Wildman–Crippen LogP) is 2.42. The third-order valence-corrected chi connectivity index (χ3v) is 3.66. The maximum absolute atomic E-state index is 12.6. The van der Waals surface area contributed by atoms with Gasteiger partial charge >= 0.3 is 0 Å². The van der Waals surface area contributed by atoms with E-state index in [0.29, 0.717) is 0 Å². The molecule has 3 rings (SSSR count). The van der Waals surface area contributed by atoms with Gasteiger partial charge in [0.1, 0.15) is 0 Å². The van der Waals surface area contributed by atoms with E-state index in [1.807, 2.05) is 30.5 Å². The van der Waals surface area contributed by atoms with Crippen molar-refractivity contribution in [3.8, 4) is 0 Å². The van der Waals surface area contributed by atoms with Crippen molar-refractivity contribution in [2.75, 3.05) is 13.1 Å². The number of hydrogen-bond acceptors (Lipinski definition) is 3. The van der Waals surface area contributed by atoms with E-state index in [1.54, 1.807) is 6.20 Å². The molecule has 0 saturated carbocycles. The highest BCUT2D eigenvalue weighted by molar-refractivity contribution is 6.08. The van der Waals surface area contributed by atoms with Gasteiger partial charge in [-0.25, -0.2) is 0 Å². The van der Waals surface area contributed by atoms with Crippen LogP contribution in [0.4, 0.5) is 0 Å². The van der Waals surface area contributed by atoms with Crippen molar-refractivity contribution in [3.05, 3.63) is 42.2 Å². The van der Waals surface area contributed by atoms with E-state index >= 15 is 0 Å². The number of aromatic nitrogens is 1. The second-order valence-corrected chi connectivity index (χ2v) is 4.79. The zero-order valence-corrected chi connectivity index (χ0v) is 10.2. The molecule has 0 bridgehead atoms. The summed E-state index contributed by atoms with van der Waals surface area (Å²) in [5.74, 6) is 0.457. The number of fused-ring (bicyclic) bond motifs is 1. The number of benzene rings is 1. The van der Waals surface area contributed by atoms with Crippen molar-refractivity contribution >= 4 is 16.6 Å². The molecule has 1 aliphatic rings. The van der Waals surface area contributed by atoms with Crippen LogP contribution >= 0.6 is 0 Å². The topological polar surface area (TPSA) is 42.0 Å². The van der Waals surface area contributed by atoms with Gasteiger partial charge in [-0.3, -0.25) is 9.78 Å². The minimum atomic E-state index is 0.171. The third kappa shape index (κ3) is 2.02. The predicted molar refractivity (Wildman–Crippen MR) is 71.7 cm³/mol. The van der Waals surface area contributed by atoms with E-state index < -0.39 is 0 Å². The van der Waals surface area contributed by atoms with Gasteiger partial charge in [-0.05, 0) is 37.4 Å². The molecule has 3 nitrogen and oxygen atoms in total. The quantitative estimate of drug-likeness (QED) is 0.820. The Morgan fingerprint density at radius 2 is 2.06 bits per heavy atom. The lowest BCUT2D eigenvalue weighted by atomic mass is 9.88. The van der Waals surface area contributed by atoms with Crippen LogP contribution in [0.2, 0.25) is 0 Å². The minimum Gasteiger partial charge on any atom is -0.317 e. The fraction of sp³-hybridized carbons (Fsp3) is 0.333. The summed E-state index contributed by atoms with van der Waals surface area (Å²) >= 11 is 0. The molecule has 0 aliphatic carbocycles. The van der Waals surface area contributed by atoms with E-state index in [2.05, 4.69) is 10.3 Å². The highest BCUT2D eigenvalue weighted by Gasteiger charge is 2.23. The Labute approximate surface area is 106 Å². The fourth-order valence-electron chi connectivity index (χ4n) is 2.64. The third-order valence-electron chi connectivity index (χ3n) is 3.66. The number of nitrogens with one attached hydrogen (secondary N) is 1. The van der Waals surface area contributed by atoms with Crippen LogP contribution in [0.15, 0.2) is 36.7 Å². The Kier molecular flexibility index (Phi) is 3.07. The summed E-state index contributed by atoms with van der Waals surface area (Å²) in [6.45, 7) is 1.89. The number of rotatable bonds is 2. The van der Waals surface area contributed by atoms with E-state index in [4.69, 9.17) is 0 Å². The number of pyridine rings is 1. The van der Waals surface area contributed by atoms with E-state index in [1.165, 1.54) is 0 Å². The first-order chi connectivity index (χ1) is 8.86. The van der Waals surface area contributed by atoms with Crippen LogP contribution < -0.4 is 5.32 Å². The Balaban J connectivity index is 2.00. The molecule has 1 aromatic heterocycles. The van der Waals surface area contributed by atoms with Gasteiger partial charge in [-0.2, -0.15) is 0 Å². The first-order valence-corrected chi connectivity index (χ1v) is 6.44. The average Bonchev–Trinajstić information content (AvgIpc) is 2.47. The van der Waals surface area contributed by atoms with Crippen molar-refractivity contribution in [3.63, 3.8) is 0 Å². The fourth-order valence-corrected chi connectivity index (χ4v) is 2.64. The highest BCUT2D eigenvalue weighted by Crippen LogP contribution is 2.24. The zero-order chi connectivity index (χ0) is 12.4. The molecule has 0 radical (unpaired) electrons. The van der Waals surface area contributed by atoms with Crippen LogP contribution in [0.5, 0.6) is 0 Å². The molecule has 1 N–H and O–H groups in total. The van der Waals surface area contributed by atoms with Crippen molar-refractivity contribution in [1.29, 1.82) is 0 Å². The van der Waals surface area contributed by atoms with E-state index in [9.17, 15) is 4.79 Å². The van der Waals surface area contributed by atoms with Gasteiger partial charge in [0.2, 0.25) is 0 Å². The monoisotopic (exact) mass is 240 g/mol. The number of ketones is 1. The van der Waals surface area contributed by atoms with E-state index in [0.717, 1.165) is 42.3 Å². The standard InChI is InChI=1S/C15H16N2O/c18-15(11-4-7-16-8-5-11)14-3-1-2-12-10-17-9-6-13(12)14/h1-3,6,9-11,16H,4-5,7-8H2. The molecule has 2 heterocycles. The number of piperidine rings is 1. The Bertz CT molecular complexity index is 568. The first-order valence-electron chi connectivity index (χ1n) is 6.44. The molecule has 1 saturated heterocycles. The van der Waals surface area contributed by atoms with Crippen LogP contribution in [0.1, 0.15) is 23.2 Å². The van der Waals surface area contributed by atoms with Crippen molar-refractivity contribution in [2.45, 2.75) is 12.8 Å². The molecule has 3 heteroatoms. The zero-order valence-electron chi connectivity index (χ0n) is 10.2. The lowest BCUT2D eigenvalue weighted by molar-refractivity contribution is 0.0897. The Hall–Kier alpha value is -1.74. The smallest absolute Gasteiger partial charge is 0.166 e. The molecule has 1 fully saturated rings. The Morgan fingerprint density at radius 1 is 1.22 bits per heavy atom. The maximum Gasteiger partial charge on any atom is 0.166 e. The molecular formula is C15H16N2O. The van der Waals surface area contributed by atoms with Crippen LogP contribution in [-0.2, 0) is 0 Å². The number of carbonyl (C=O) groups is 1. The first kappa shape index (κ1) is 11.4. The molecule has 2 aromatic rings. The second kappa shape index (κ2) is 4.86. The van der Waals surface area contributed by atoms with Gasteiger partial charge in [0, 0.05) is 29.3 Å². The maximum atomic E-state index is 12.6. The van der Waals surface area contributed by atoms with Crippen LogP contribution in [0.25, 0.3) is 10.8 Å². The van der Waals surface area contributed by atoms with Crippen molar-refractivity contribution in [1.82, 2.24) is 10.3 Å². The Morgan fingerprint density at radius 3 is 2.89 bits per heavy atom. The van der Waals surface area contributed by atoms with Crippen molar-refractivity contribution < 1.29 is 4.79 Å². The molecule has 1 aliphatic heterocycles. The second-order valence-electron chi connectivity index (χ2n) is 4.79. The minimum absolute atomic E-state index is 0.171. The van der Waals surface area contributed by atoms with Gasteiger partial charge in [-0.15, -0.1) is 0 Å². The summed E-state index contributed by atoms with van der Waals surface area (Å²) < 4.78 is 0. The van der Waals surface area contributed by atoms with Gasteiger partial charge in [0.25, 0.3) is 0 Å². The van der Waals surface area contributed by atoms with Crippen molar-refractivity contribution in [2.24, 2.45) is 5.92 Å². The van der Waals surface area contributed by atoms with Gasteiger partial charge in [0.05, 0.1) is 0 Å².